The third kappa shape index (κ3) is 4.22. The van der Waals surface area contributed by atoms with E-state index in [0.717, 1.165) is 18.5 Å². The molecule has 1 saturated heterocycles. The van der Waals surface area contributed by atoms with Gasteiger partial charge in [0.15, 0.2) is 0 Å². The first kappa shape index (κ1) is 17.3. The minimum absolute atomic E-state index is 0.545. The molecule has 0 bridgehead atoms. The normalized spacial score (nSPS) is 32.4. The molecule has 1 heterocycles. The third-order valence-corrected chi connectivity index (χ3v) is 6.49. The molecule has 2 unspecified atom stereocenters. The van der Waals surface area contributed by atoms with Crippen LogP contribution in [0.2, 0.25) is 0 Å². The van der Waals surface area contributed by atoms with Crippen LogP contribution in [0.4, 0.5) is 0 Å². The van der Waals surface area contributed by atoms with Gasteiger partial charge < -0.3 is 10.2 Å². The van der Waals surface area contributed by atoms with Crippen molar-refractivity contribution in [1.82, 2.24) is 10.2 Å². The number of likely N-dealkylation sites (tertiary alicyclic amines) is 1. The summed E-state index contributed by atoms with van der Waals surface area (Å²) in [6.07, 6.45) is 8.27. The highest BCUT2D eigenvalue weighted by atomic mass is 15.2. The van der Waals surface area contributed by atoms with Crippen molar-refractivity contribution in [3.63, 3.8) is 0 Å². The van der Waals surface area contributed by atoms with Gasteiger partial charge in [-0.15, -0.1) is 0 Å². The number of nitrogens with zero attached hydrogens (tertiary/aromatic N) is 1. The molecule has 0 radical (unpaired) electrons. The molecule has 2 heteroatoms. The summed E-state index contributed by atoms with van der Waals surface area (Å²) in [5.74, 6) is 0.846. The summed E-state index contributed by atoms with van der Waals surface area (Å²) in [5, 5.41) is 3.77. The van der Waals surface area contributed by atoms with Gasteiger partial charge >= 0.3 is 0 Å². The van der Waals surface area contributed by atoms with Crippen molar-refractivity contribution in [2.24, 2.45) is 16.7 Å². The molecule has 0 aromatic heterocycles. The lowest BCUT2D eigenvalue weighted by atomic mass is 9.69. The molecule has 0 amide bonds. The zero-order valence-electron chi connectivity index (χ0n) is 15.2. The topological polar surface area (TPSA) is 15.3 Å². The molecule has 2 rings (SSSR count). The van der Waals surface area contributed by atoms with E-state index >= 15 is 0 Å². The molecule has 0 spiro atoms. The van der Waals surface area contributed by atoms with Gasteiger partial charge in [-0.1, -0.05) is 34.6 Å². The quantitative estimate of drug-likeness (QED) is 0.785. The molecule has 1 aliphatic heterocycles. The van der Waals surface area contributed by atoms with Gasteiger partial charge in [-0.2, -0.15) is 0 Å². The van der Waals surface area contributed by atoms with Gasteiger partial charge in [-0.3, -0.25) is 0 Å². The smallest absolute Gasteiger partial charge is 0.0108 e. The second-order valence-corrected chi connectivity index (χ2v) is 8.52. The van der Waals surface area contributed by atoms with Crippen molar-refractivity contribution >= 4 is 0 Å². The van der Waals surface area contributed by atoms with Gasteiger partial charge in [-0.05, 0) is 68.4 Å². The Labute approximate surface area is 133 Å². The molecule has 2 atom stereocenters. The van der Waals surface area contributed by atoms with Crippen LogP contribution in [0.1, 0.15) is 73.1 Å². The molecular formula is C19H38N2. The molecule has 2 aliphatic rings. The lowest BCUT2D eigenvalue weighted by Crippen LogP contribution is -2.47. The first-order valence-corrected chi connectivity index (χ1v) is 9.39. The van der Waals surface area contributed by atoms with Crippen LogP contribution >= 0.6 is 0 Å². The highest BCUT2D eigenvalue weighted by Gasteiger charge is 2.39. The minimum Gasteiger partial charge on any atom is -0.314 e. The van der Waals surface area contributed by atoms with Crippen molar-refractivity contribution in [2.45, 2.75) is 79.2 Å². The van der Waals surface area contributed by atoms with Crippen LogP contribution in [0.5, 0.6) is 0 Å². The second kappa shape index (κ2) is 7.00. The maximum Gasteiger partial charge on any atom is 0.0108 e. The highest BCUT2D eigenvalue weighted by Crippen LogP contribution is 2.41. The summed E-state index contributed by atoms with van der Waals surface area (Å²) in [5.41, 5.74) is 1.17. The summed E-state index contributed by atoms with van der Waals surface area (Å²) < 4.78 is 0. The summed E-state index contributed by atoms with van der Waals surface area (Å²) in [6.45, 7) is 17.1. The fourth-order valence-corrected chi connectivity index (χ4v) is 4.80. The van der Waals surface area contributed by atoms with E-state index < -0.39 is 0 Å². The lowest BCUT2D eigenvalue weighted by Gasteiger charge is -2.43. The Morgan fingerprint density at radius 3 is 2.38 bits per heavy atom. The maximum absolute atomic E-state index is 3.77. The minimum atomic E-state index is 0.545. The SMILES string of the molecule is CCNC1CCC(C)(C)CC1CN1CCC(CC)(CC)C1. The van der Waals surface area contributed by atoms with E-state index in [9.17, 15) is 0 Å². The van der Waals surface area contributed by atoms with E-state index in [0.29, 0.717) is 10.8 Å². The van der Waals surface area contributed by atoms with Crippen molar-refractivity contribution in [3.8, 4) is 0 Å². The Bertz CT molecular complexity index is 320. The van der Waals surface area contributed by atoms with Crippen molar-refractivity contribution in [2.75, 3.05) is 26.2 Å². The number of nitrogens with one attached hydrogen (secondary N) is 1. The standard InChI is InChI=1S/C19H38N2/c1-6-19(7-2)11-12-21(15-19)14-16-13-18(4,5)10-9-17(16)20-8-3/h16-17,20H,6-15H2,1-5H3. The highest BCUT2D eigenvalue weighted by molar-refractivity contribution is 4.93. The van der Waals surface area contributed by atoms with Crippen LogP contribution in [0.3, 0.4) is 0 Å². The predicted octanol–water partition coefficient (Wildman–Crippen LogP) is 4.30. The number of hydrogen-bond donors (Lipinski definition) is 1. The zero-order chi connectivity index (χ0) is 15.5. The van der Waals surface area contributed by atoms with Crippen LogP contribution in [-0.4, -0.2) is 37.1 Å². The summed E-state index contributed by atoms with van der Waals surface area (Å²) in [7, 11) is 0. The third-order valence-electron chi connectivity index (χ3n) is 6.49. The van der Waals surface area contributed by atoms with Gasteiger partial charge in [0.25, 0.3) is 0 Å². The Morgan fingerprint density at radius 2 is 1.81 bits per heavy atom. The molecule has 2 nitrogen and oxygen atoms in total. The van der Waals surface area contributed by atoms with Crippen LogP contribution in [0.25, 0.3) is 0 Å². The van der Waals surface area contributed by atoms with E-state index in [1.54, 1.807) is 0 Å². The van der Waals surface area contributed by atoms with Gasteiger partial charge in [0.2, 0.25) is 0 Å². The largest absolute Gasteiger partial charge is 0.314 e. The van der Waals surface area contributed by atoms with Crippen LogP contribution in [-0.2, 0) is 0 Å². The molecule has 1 N–H and O–H groups in total. The van der Waals surface area contributed by atoms with Gasteiger partial charge in [-0.25, -0.2) is 0 Å². The first-order valence-electron chi connectivity index (χ1n) is 9.39. The average Bonchev–Trinajstić information content (AvgIpc) is 2.86. The average molecular weight is 295 g/mol. The number of hydrogen-bond acceptors (Lipinski definition) is 2. The number of rotatable bonds is 6. The van der Waals surface area contributed by atoms with E-state index in [2.05, 4.69) is 44.8 Å². The molecule has 0 aromatic carbocycles. The predicted molar refractivity (Wildman–Crippen MR) is 92.7 cm³/mol. The second-order valence-electron chi connectivity index (χ2n) is 8.52. The van der Waals surface area contributed by atoms with Crippen LogP contribution in [0.15, 0.2) is 0 Å². The van der Waals surface area contributed by atoms with E-state index in [-0.39, 0.29) is 0 Å². The Balaban J connectivity index is 1.95. The van der Waals surface area contributed by atoms with Crippen molar-refractivity contribution < 1.29 is 0 Å². The molecule has 0 aromatic rings. The van der Waals surface area contributed by atoms with Crippen LogP contribution < -0.4 is 5.32 Å². The molecule has 124 valence electrons. The fraction of sp³-hybridized carbons (Fsp3) is 1.00. The van der Waals surface area contributed by atoms with Gasteiger partial charge in [0.05, 0.1) is 0 Å². The molecule has 21 heavy (non-hydrogen) atoms. The summed E-state index contributed by atoms with van der Waals surface area (Å²) >= 11 is 0. The molecule has 1 saturated carbocycles. The van der Waals surface area contributed by atoms with Gasteiger partial charge in [0, 0.05) is 19.1 Å². The Kier molecular flexibility index (Phi) is 5.76. The molecular weight excluding hydrogens is 256 g/mol. The fourth-order valence-electron chi connectivity index (χ4n) is 4.80. The van der Waals surface area contributed by atoms with E-state index in [1.807, 2.05) is 0 Å². The van der Waals surface area contributed by atoms with Crippen LogP contribution in [0, 0.1) is 16.7 Å². The van der Waals surface area contributed by atoms with E-state index in [1.165, 1.54) is 58.2 Å². The first-order chi connectivity index (χ1) is 9.93. The van der Waals surface area contributed by atoms with Crippen molar-refractivity contribution in [1.29, 1.82) is 0 Å². The molecule has 1 aliphatic carbocycles. The molecule has 2 fully saturated rings. The Hall–Kier alpha value is -0.0800. The monoisotopic (exact) mass is 294 g/mol. The summed E-state index contributed by atoms with van der Waals surface area (Å²) in [6, 6.07) is 0.751. The van der Waals surface area contributed by atoms with E-state index in [4.69, 9.17) is 0 Å². The maximum atomic E-state index is 3.77. The Morgan fingerprint density at radius 1 is 1.10 bits per heavy atom. The summed E-state index contributed by atoms with van der Waals surface area (Å²) in [4.78, 5) is 2.78. The van der Waals surface area contributed by atoms with Gasteiger partial charge in [0.1, 0.15) is 0 Å². The van der Waals surface area contributed by atoms with Crippen molar-refractivity contribution in [3.05, 3.63) is 0 Å². The zero-order valence-corrected chi connectivity index (χ0v) is 15.2. The lowest BCUT2D eigenvalue weighted by molar-refractivity contribution is 0.103.